The number of carbonyl (C=O) groups excluding carboxylic acids is 1. The summed E-state index contributed by atoms with van der Waals surface area (Å²) in [5.74, 6) is -0.547. The highest BCUT2D eigenvalue weighted by Gasteiger charge is 2.68. The van der Waals surface area contributed by atoms with Crippen LogP contribution in [0.25, 0.3) is 0 Å². The molecule has 0 bridgehead atoms. The summed E-state index contributed by atoms with van der Waals surface area (Å²) in [4.78, 5) is 11.7. The summed E-state index contributed by atoms with van der Waals surface area (Å²) in [5.41, 5.74) is -3.05. The van der Waals surface area contributed by atoms with Crippen LogP contribution in [-0.4, -0.2) is 28.8 Å². The van der Waals surface area contributed by atoms with Gasteiger partial charge in [-0.05, 0) is 29.2 Å². The van der Waals surface area contributed by atoms with Gasteiger partial charge in [0.2, 0.25) is 0 Å². The van der Waals surface area contributed by atoms with Gasteiger partial charge in [0, 0.05) is 5.57 Å². The van der Waals surface area contributed by atoms with Crippen LogP contribution in [0.5, 0.6) is 0 Å². The van der Waals surface area contributed by atoms with Crippen LogP contribution in [0.2, 0.25) is 0 Å². The molecule has 1 atom stereocenters. The lowest BCUT2D eigenvalue weighted by molar-refractivity contribution is -0.347. The molecule has 2 nitrogen and oxygen atoms in total. The van der Waals surface area contributed by atoms with Crippen LogP contribution in [0.1, 0.15) is 6.92 Å². The van der Waals surface area contributed by atoms with Gasteiger partial charge >= 0.3 is 12.4 Å². The number of alkyl halides is 6. The lowest BCUT2D eigenvalue weighted by Crippen LogP contribution is -2.55. The summed E-state index contributed by atoms with van der Waals surface area (Å²) < 4.78 is 75.3. The van der Waals surface area contributed by atoms with Gasteiger partial charge < -0.3 is 5.11 Å². The third-order valence-electron chi connectivity index (χ3n) is 4.01. The van der Waals surface area contributed by atoms with E-state index in [1.807, 2.05) is 0 Å². The van der Waals surface area contributed by atoms with Crippen molar-refractivity contribution in [1.29, 1.82) is 0 Å². The van der Waals surface area contributed by atoms with Gasteiger partial charge in [-0.1, -0.05) is 49.5 Å². The topological polar surface area (TPSA) is 37.3 Å². The third-order valence-corrected chi connectivity index (χ3v) is 4.01. The smallest absolute Gasteiger partial charge is 0.370 e. The zero-order chi connectivity index (χ0) is 19.8. The molecule has 1 N–H and O–H groups in total. The lowest BCUT2D eigenvalue weighted by atomic mass is 9.89. The first-order chi connectivity index (χ1) is 11.9. The molecule has 2 aliphatic carbocycles. The third kappa shape index (κ3) is 3.60. The fourth-order valence-corrected chi connectivity index (χ4v) is 2.51. The van der Waals surface area contributed by atoms with E-state index >= 15 is 0 Å². The Morgan fingerprint density at radius 2 is 1.58 bits per heavy atom. The van der Waals surface area contributed by atoms with E-state index in [0.717, 1.165) is 6.08 Å². The Hall–Kier alpha value is -2.35. The maximum Gasteiger partial charge on any atom is 0.430 e. The molecule has 2 rings (SSSR count). The van der Waals surface area contributed by atoms with Gasteiger partial charge in [-0.15, -0.1) is 0 Å². The largest absolute Gasteiger partial charge is 0.430 e. The zero-order valence-corrected chi connectivity index (χ0v) is 13.4. The molecule has 0 aliphatic heterocycles. The van der Waals surface area contributed by atoms with Crippen molar-refractivity contribution in [1.82, 2.24) is 0 Å². The first kappa shape index (κ1) is 20.0. The molecule has 26 heavy (non-hydrogen) atoms. The van der Waals surface area contributed by atoms with E-state index in [1.165, 1.54) is 12.2 Å². The van der Waals surface area contributed by atoms with Crippen molar-refractivity contribution in [2.24, 2.45) is 5.92 Å². The second-order valence-electron chi connectivity index (χ2n) is 5.80. The number of halogens is 6. The van der Waals surface area contributed by atoms with Gasteiger partial charge in [-0.3, -0.25) is 4.79 Å². The molecule has 0 fully saturated rings. The Kier molecular flexibility index (Phi) is 5.19. The molecule has 0 radical (unpaired) electrons. The van der Waals surface area contributed by atoms with Crippen molar-refractivity contribution < 1.29 is 36.2 Å². The lowest BCUT2D eigenvalue weighted by Gasteiger charge is -2.29. The number of fused-ring (bicyclic) bond motifs is 1. The molecule has 0 aromatic rings. The molecule has 0 saturated heterocycles. The second kappa shape index (κ2) is 6.75. The van der Waals surface area contributed by atoms with Crippen LogP contribution >= 0.6 is 0 Å². The fourth-order valence-electron chi connectivity index (χ4n) is 2.51. The number of hydrogen-bond acceptors (Lipinski definition) is 2. The van der Waals surface area contributed by atoms with E-state index in [0.29, 0.717) is 22.8 Å². The van der Waals surface area contributed by atoms with E-state index in [1.54, 1.807) is 31.2 Å². The summed E-state index contributed by atoms with van der Waals surface area (Å²) in [6, 6.07) is 0. The maximum absolute atomic E-state index is 12.5. The van der Waals surface area contributed by atoms with Crippen molar-refractivity contribution in [2.45, 2.75) is 24.9 Å². The number of hydrogen-bond donors (Lipinski definition) is 1. The zero-order valence-electron chi connectivity index (χ0n) is 13.4. The Morgan fingerprint density at radius 3 is 2.15 bits per heavy atom. The maximum atomic E-state index is 12.5. The number of aliphatic hydroxyl groups is 1. The molecule has 140 valence electrons. The minimum Gasteiger partial charge on any atom is -0.370 e. The van der Waals surface area contributed by atoms with Gasteiger partial charge in [0.15, 0.2) is 5.78 Å². The SMILES string of the molecule is CC(/C=C/C=C/C(O)(C(F)(F)F)C(F)(F)F)C1=CC=C2C(=O)C=CC=C21. The summed E-state index contributed by atoms with van der Waals surface area (Å²) in [6.45, 7) is 1.68. The first-order valence-corrected chi connectivity index (χ1v) is 7.45. The van der Waals surface area contributed by atoms with Gasteiger partial charge in [-0.25, -0.2) is 0 Å². The predicted octanol–water partition coefficient (Wildman–Crippen LogP) is 4.52. The highest BCUT2D eigenvalue weighted by atomic mass is 19.4. The quantitative estimate of drug-likeness (QED) is 0.579. The summed E-state index contributed by atoms with van der Waals surface area (Å²) in [7, 11) is 0. The number of rotatable bonds is 4. The number of allylic oxidation sites excluding steroid dienone is 11. The number of ketones is 1. The van der Waals surface area contributed by atoms with Crippen molar-refractivity contribution in [3.8, 4) is 0 Å². The fraction of sp³-hybridized carbons (Fsp3) is 0.278. The van der Waals surface area contributed by atoms with Crippen LogP contribution in [0.3, 0.4) is 0 Å². The average molecular weight is 376 g/mol. The highest BCUT2D eigenvalue weighted by molar-refractivity contribution is 6.10. The molecule has 0 amide bonds. The van der Waals surface area contributed by atoms with Gasteiger partial charge in [0.25, 0.3) is 5.60 Å². The Balaban J connectivity index is 2.13. The second-order valence-corrected chi connectivity index (χ2v) is 5.80. The van der Waals surface area contributed by atoms with Crippen LogP contribution in [-0.2, 0) is 4.79 Å². The van der Waals surface area contributed by atoms with Gasteiger partial charge in [0.05, 0.1) is 0 Å². The Morgan fingerprint density at radius 1 is 0.962 bits per heavy atom. The molecule has 8 heteroatoms. The van der Waals surface area contributed by atoms with Crippen LogP contribution < -0.4 is 0 Å². The normalized spacial score (nSPS) is 19.7. The average Bonchev–Trinajstić information content (AvgIpc) is 2.94. The molecule has 0 spiro atoms. The Bertz CT molecular complexity index is 758. The first-order valence-electron chi connectivity index (χ1n) is 7.45. The van der Waals surface area contributed by atoms with Gasteiger partial charge in [-0.2, -0.15) is 26.3 Å². The van der Waals surface area contributed by atoms with Crippen molar-refractivity contribution in [3.63, 3.8) is 0 Å². The van der Waals surface area contributed by atoms with E-state index in [4.69, 9.17) is 5.11 Å². The minimum absolute atomic E-state index is 0.176. The summed E-state index contributed by atoms with van der Waals surface area (Å²) in [6.07, 6.45) is -1.31. The minimum atomic E-state index is -5.90. The van der Waals surface area contributed by atoms with E-state index in [9.17, 15) is 31.1 Å². The molecular weight excluding hydrogens is 362 g/mol. The standard InChI is InChI=1S/C18H14F6O2/c1-11(12-8-9-14-13(12)6-4-7-15(14)25)5-2-3-10-16(26,17(19,20)21)18(22,23)24/h2-11,26H,1H3/b5-2+,10-3+. The van der Waals surface area contributed by atoms with Crippen LogP contribution in [0.15, 0.2) is 71.4 Å². The van der Waals surface area contributed by atoms with E-state index in [2.05, 4.69) is 0 Å². The van der Waals surface area contributed by atoms with Crippen molar-refractivity contribution >= 4 is 5.78 Å². The van der Waals surface area contributed by atoms with Crippen LogP contribution in [0, 0.1) is 5.92 Å². The molecule has 0 saturated carbocycles. The Labute approximate surface area is 145 Å². The number of carbonyl (C=O) groups is 1. The molecular formula is C18H14F6O2. The molecule has 0 aromatic heterocycles. The van der Waals surface area contributed by atoms with Crippen molar-refractivity contribution in [2.75, 3.05) is 0 Å². The highest BCUT2D eigenvalue weighted by Crippen LogP contribution is 2.44. The van der Waals surface area contributed by atoms with E-state index < -0.39 is 18.0 Å². The van der Waals surface area contributed by atoms with Crippen LogP contribution in [0.4, 0.5) is 26.3 Å². The molecule has 0 heterocycles. The van der Waals surface area contributed by atoms with Gasteiger partial charge in [0.1, 0.15) is 0 Å². The van der Waals surface area contributed by atoms with E-state index in [-0.39, 0.29) is 17.8 Å². The predicted molar refractivity (Wildman–Crippen MR) is 82.9 cm³/mol. The monoisotopic (exact) mass is 376 g/mol. The van der Waals surface area contributed by atoms with Crippen molar-refractivity contribution in [3.05, 3.63) is 71.4 Å². The summed E-state index contributed by atoms with van der Waals surface area (Å²) >= 11 is 0. The molecule has 1 unspecified atom stereocenters. The molecule has 0 aromatic carbocycles. The summed E-state index contributed by atoms with van der Waals surface area (Å²) in [5, 5.41) is 9.00. The molecule has 2 aliphatic rings.